The van der Waals surface area contributed by atoms with Crippen molar-refractivity contribution in [2.75, 3.05) is 13.1 Å². The molecule has 32 heavy (non-hydrogen) atoms. The molecule has 0 spiro atoms. The second kappa shape index (κ2) is 8.49. The lowest BCUT2D eigenvalue weighted by Gasteiger charge is -2.15. The normalized spacial score (nSPS) is 16.1. The highest BCUT2D eigenvalue weighted by molar-refractivity contribution is 7.18. The van der Waals surface area contributed by atoms with Crippen LogP contribution in [0.5, 0.6) is 0 Å². The topological polar surface area (TPSA) is 95.4 Å². The van der Waals surface area contributed by atoms with Crippen LogP contribution in [0.1, 0.15) is 16.9 Å². The van der Waals surface area contributed by atoms with Crippen molar-refractivity contribution < 1.29 is 26.3 Å². The highest BCUT2D eigenvalue weighted by atomic mass is 32.1. The lowest BCUT2D eigenvalue weighted by molar-refractivity contribution is -0.143. The van der Waals surface area contributed by atoms with Gasteiger partial charge in [-0.25, -0.2) is 4.79 Å². The first-order chi connectivity index (χ1) is 14.8. The SMILES string of the molecule is Cc1c(CN2CCN/C2=N\C#N)sc2c1c(=O)n(CC(F)(F)F)c(=O)n2CCC(F)(F)F. The number of hydrogen-bond acceptors (Lipinski definition) is 5. The van der Waals surface area contributed by atoms with Gasteiger partial charge in [0.25, 0.3) is 5.56 Å². The first-order valence-corrected chi connectivity index (χ1v) is 9.98. The Kier molecular flexibility index (Phi) is 6.27. The van der Waals surface area contributed by atoms with E-state index in [9.17, 15) is 35.9 Å². The molecule has 0 aliphatic carbocycles. The summed E-state index contributed by atoms with van der Waals surface area (Å²) >= 11 is 0.857. The number of rotatable bonds is 5. The highest BCUT2D eigenvalue weighted by Crippen LogP contribution is 2.31. The summed E-state index contributed by atoms with van der Waals surface area (Å²) in [6.07, 6.45) is -9.40. The quantitative estimate of drug-likeness (QED) is 0.521. The van der Waals surface area contributed by atoms with E-state index in [2.05, 4.69) is 10.3 Å². The number of aromatic nitrogens is 2. The summed E-state index contributed by atoms with van der Waals surface area (Å²) in [6.45, 7) is -0.372. The maximum Gasteiger partial charge on any atom is 0.406 e. The van der Waals surface area contributed by atoms with E-state index in [4.69, 9.17) is 5.26 Å². The second-order valence-corrected chi connectivity index (χ2v) is 8.10. The van der Waals surface area contributed by atoms with Crippen molar-refractivity contribution in [2.45, 2.75) is 45.3 Å². The van der Waals surface area contributed by atoms with Gasteiger partial charge in [-0.3, -0.25) is 13.9 Å². The Morgan fingerprint density at radius 1 is 1.16 bits per heavy atom. The van der Waals surface area contributed by atoms with Gasteiger partial charge in [0, 0.05) is 24.5 Å². The number of aryl methyl sites for hydroxylation is 2. The van der Waals surface area contributed by atoms with E-state index in [-0.39, 0.29) is 32.9 Å². The third kappa shape index (κ3) is 4.90. The van der Waals surface area contributed by atoms with Crippen LogP contribution in [-0.4, -0.2) is 45.4 Å². The summed E-state index contributed by atoms with van der Waals surface area (Å²) in [5.41, 5.74) is -2.41. The standard InChI is InChI=1S/C17H16F6N6O2S/c1-9-10(6-27-5-3-25-14(27)26-8-24)32-13-11(9)12(30)29(7-17(21,22)23)15(31)28(13)4-2-16(18,19)20/h2-7H2,1H3,(H,25,26). The number of alkyl halides is 6. The van der Waals surface area contributed by atoms with Crippen molar-refractivity contribution in [3.05, 3.63) is 31.3 Å². The molecule has 1 N–H and O–H groups in total. The molecule has 2 aromatic rings. The molecule has 0 amide bonds. The Bertz CT molecular complexity index is 1220. The van der Waals surface area contributed by atoms with Crippen molar-refractivity contribution in [2.24, 2.45) is 4.99 Å². The van der Waals surface area contributed by atoms with E-state index in [1.54, 1.807) is 11.1 Å². The molecule has 0 aromatic carbocycles. The van der Waals surface area contributed by atoms with Gasteiger partial charge in [-0.2, -0.15) is 31.6 Å². The van der Waals surface area contributed by atoms with Crippen molar-refractivity contribution in [3.8, 4) is 6.19 Å². The average molecular weight is 482 g/mol. The molecule has 2 aromatic heterocycles. The van der Waals surface area contributed by atoms with Crippen LogP contribution < -0.4 is 16.6 Å². The van der Waals surface area contributed by atoms with Crippen LogP contribution >= 0.6 is 11.3 Å². The van der Waals surface area contributed by atoms with Crippen molar-refractivity contribution in [1.29, 1.82) is 5.26 Å². The molecule has 1 fully saturated rings. The Labute approximate surface area is 180 Å². The molecular weight excluding hydrogens is 466 g/mol. The molecule has 8 nitrogen and oxygen atoms in total. The van der Waals surface area contributed by atoms with Gasteiger partial charge < -0.3 is 10.2 Å². The Hall–Kier alpha value is -3.02. The van der Waals surface area contributed by atoms with Gasteiger partial charge in [0.05, 0.1) is 18.4 Å². The first-order valence-electron chi connectivity index (χ1n) is 9.17. The third-order valence-corrected chi connectivity index (χ3v) is 6.10. The predicted molar refractivity (Wildman–Crippen MR) is 103 cm³/mol. The summed E-state index contributed by atoms with van der Waals surface area (Å²) < 4.78 is 77.7. The minimum absolute atomic E-state index is 0.0812. The molecule has 3 rings (SSSR count). The lowest BCUT2D eigenvalue weighted by Crippen LogP contribution is -2.43. The van der Waals surface area contributed by atoms with Crippen LogP contribution in [0.3, 0.4) is 0 Å². The molecule has 1 aliphatic rings. The van der Waals surface area contributed by atoms with Crippen molar-refractivity contribution in [3.63, 3.8) is 0 Å². The zero-order valence-electron chi connectivity index (χ0n) is 16.5. The number of aliphatic imine (C=N–C) groups is 1. The number of fused-ring (bicyclic) bond motifs is 1. The van der Waals surface area contributed by atoms with Gasteiger partial charge >= 0.3 is 18.0 Å². The molecule has 1 aliphatic heterocycles. The number of guanidine groups is 1. The predicted octanol–water partition coefficient (Wildman–Crippen LogP) is 2.29. The van der Waals surface area contributed by atoms with E-state index in [1.165, 1.54) is 6.92 Å². The van der Waals surface area contributed by atoms with Crippen LogP contribution in [0.15, 0.2) is 14.6 Å². The van der Waals surface area contributed by atoms with Gasteiger partial charge in [-0.15, -0.1) is 16.3 Å². The summed E-state index contributed by atoms with van der Waals surface area (Å²) in [5, 5.41) is 11.4. The minimum Gasteiger partial charge on any atom is -0.354 e. The maximum absolute atomic E-state index is 13.0. The third-order valence-electron chi connectivity index (χ3n) is 4.80. The van der Waals surface area contributed by atoms with Crippen molar-refractivity contribution >= 4 is 27.5 Å². The zero-order valence-corrected chi connectivity index (χ0v) is 17.3. The van der Waals surface area contributed by atoms with Crippen LogP contribution in [0.25, 0.3) is 10.2 Å². The van der Waals surface area contributed by atoms with E-state index < -0.39 is 43.1 Å². The van der Waals surface area contributed by atoms with Crippen LogP contribution in [0, 0.1) is 18.4 Å². The number of thiophene rings is 1. The van der Waals surface area contributed by atoms with E-state index in [0.717, 1.165) is 11.3 Å². The number of nitrogens with one attached hydrogen (secondary N) is 1. The summed E-state index contributed by atoms with van der Waals surface area (Å²) in [4.78, 5) is 30.9. The molecule has 1 saturated heterocycles. The Morgan fingerprint density at radius 2 is 1.84 bits per heavy atom. The summed E-state index contributed by atoms with van der Waals surface area (Å²) in [6, 6.07) is 0. The maximum atomic E-state index is 13.0. The fraction of sp³-hybridized carbons (Fsp3) is 0.529. The summed E-state index contributed by atoms with van der Waals surface area (Å²) in [7, 11) is 0. The number of hydrogen-bond donors (Lipinski definition) is 1. The number of halogens is 6. The van der Waals surface area contributed by atoms with Gasteiger partial charge in [0.1, 0.15) is 11.4 Å². The number of nitriles is 1. The average Bonchev–Trinajstić information content (AvgIpc) is 3.22. The monoisotopic (exact) mass is 482 g/mol. The summed E-state index contributed by atoms with van der Waals surface area (Å²) in [5.74, 6) is 0.258. The lowest BCUT2D eigenvalue weighted by atomic mass is 10.2. The number of nitrogens with zero attached hydrogens (tertiary/aromatic N) is 5. The smallest absolute Gasteiger partial charge is 0.354 e. The Balaban J connectivity index is 2.18. The molecule has 0 saturated carbocycles. The van der Waals surface area contributed by atoms with E-state index in [1.807, 2.05) is 0 Å². The van der Waals surface area contributed by atoms with Gasteiger partial charge in [0.2, 0.25) is 12.2 Å². The molecular formula is C17H16F6N6O2S. The fourth-order valence-corrected chi connectivity index (χ4v) is 4.68. The fourth-order valence-electron chi connectivity index (χ4n) is 3.35. The first kappa shape index (κ1) is 23.6. The molecule has 15 heteroatoms. The zero-order chi connectivity index (χ0) is 23.8. The molecule has 0 unspecified atom stereocenters. The van der Waals surface area contributed by atoms with Crippen LogP contribution in [-0.2, 0) is 19.6 Å². The minimum atomic E-state index is -4.92. The molecule has 0 atom stereocenters. The van der Waals surface area contributed by atoms with Crippen LogP contribution in [0.4, 0.5) is 26.3 Å². The van der Waals surface area contributed by atoms with Gasteiger partial charge in [-0.1, -0.05) is 0 Å². The van der Waals surface area contributed by atoms with E-state index >= 15 is 0 Å². The van der Waals surface area contributed by atoms with Gasteiger partial charge in [0.15, 0.2) is 0 Å². The second-order valence-electron chi connectivity index (χ2n) is 7.02. The highest BCUT2D eigenvalue weighted by Gasteiger charge is 2.33. The molecule has 3 heterocycles. The Morgan fingerprint density at radius 3 is 2.44 bits per heavy atom. The van der Waals surface area contributed by atoms with E-state index in [0.29, 0.717) is 22.5 Å². The van der Waals surface area contributed by atoms with Gasteiger partial charge in [-0.05, 0) is 12.5 Å². The largest absolute Gasteiger partial charge is 0.406 e. The molecule has 174 valence electrons. The molecule has 0 radical (unpaired) electrons. The van der Waals surface area contributed by atoms with Crippen LogP contribution in [0.2, 0.25) is 0 Å². The molecule has 0 bridgehead atoms. The van der Waals surface area contributed by atoms with Crippen molar-refractivity contribution in [1.82, 2.24) is 19.4 Å².